The van der Waals surface area contributed by atoms with E-state index < -0.39 is 5.97 Å². The highest BCUT2D eigenvalue weighted by molar-refractivity contribution is 5.91. The van der Waals surface area contributed by atoms with Gasteiger partial charge in [0.15, 0.2) is 5.76 Å². The molecule has 0 amide bonds. The molecular weight excluding hydrogens is 204 g/mol. The van der Waals surface area contributed by atoms with Gasteiger partial charge in [-0.2, -0.15) is 0 Å². The number of rotatable bonds is 3. The zero-order chi connectivity index (χ0) is 11.4. The molecule has 0 saturated heterocycles. The Morgan fingerprint density at radius 2 is 1.81 bits per heavy atom. The van der Waals surface area contributed by atoms with Gasteiger partial charge in [-0.05, 0) is 12.1 Å². The first-order chi connectivity index (χ1) is 7.77. The normalized spacial score (nSPS) is 13.0. The van der Waals surface area contributed by atoms with Crippen molar-refractivity contribution in [3.8, 4) is 5.75 Å². The molecule has 1 aromatic rings. The third kappa shape index (κ3) is 2.12. The fourth-order valence-corrected chi connectivity index (χ4v) is 1.24. The number of carbonyl (C=O) groups is 1. The lowest BCUT2D eigenvalue weighted by molar-refractivity contribution is -0.132. The van der Waals surface area contributed by atoms with E-state index in [0.29, 0.717) is 5.75 Å². The number of carboxylic acid groups (broad SMARTS) is 1. The molecule has 0 atom stereocenters. The van der Waals surface area contributed by atoms with Crippen molar-refractivity contribution in [3.05, 3.63) is 65.3 Å². The van der Waals surface area contributed by atoms with Crippen LogP contribution in [0, 0.1) is 0 Å². The van der Waals surface area contributed by atoms with Crippen LogP contribution in [0.4, 0.5) is 0 Å². The lowest BCUT2D eigenvalue weighted by Gasteiger charge is -2.08. The van der Waals surface area contributed by atoms with E-state index in [1.807, 2.05) is 18.2 Å². The van der Waals surface area contributed by atoms with Crippen molar-refractivity contribution >= 4 is 5.97 Å². The molecule has 0 unspecified atom stereocenters. The number of allylic oxidation sites excluding steroid dienone is 1. The van der Waals surface area contributed by atoms with Crippen molar-refractivity contribution in [2.45, 2.75) is 0 Å². The number of carboxylic acids is 1. The Morgan fingerprint density at radius 1 is 1.12 bits per heavy atom. The quantitative estimate of drug-likeness (QED) is 0.782. The number of para-hydroxylation sites is 1. The van der Waals surface area contributed by atoms with Crippen LogP contribution in [0.1, 0.15) is 0 Å². The Morgan fingerprint density at radius 3 is 2.50 bits per heavy atom. The Labute approximate surface area is 92.3 Å². The Hall–Kier alpha value is -2.47. The van der Waals surface area contributed by atoms with Gasteiger partial charge in [-0.1, -0.05) is 29.7 Å². The molecule has 0 radical (unpaired) electrons. The van der Waals surface area contributed by atoms with E-state index in [1.165, 1.54) is 12.2 Å². The van der Waals surface area contributed by atoms with Crippen LogP contribution in [-0.4, -0.2) is 11.1 Å². The van der Waals surface area contributed by atoms with E-state index in [9.17, 15) is 4.79 Å². The summed E-state index contributed by atoms with van der Waals surface area (Å²) < 4.78 is 5.44. The average Bonchev–Trinajstić information content (AvgIpc) is 2.31. The highest BCUT2D eigenvalue weighted by atomic mass is 16.5. The van der Waals surface area contributed by atoms with Crippen LogP contribution in [0.25, 0.3) is 0 Å². The summed E-state index contributed by atoms with van der Waals surface area (Å²) in [6.45, 7) is 0. The molecule has 0 aliphatic heterocycles. The topological polar surface area (TPSA) is 46.5 Å². The van der Waals surface area contributed by atoms with Crippen molar-refractivity contribution in [2.75, 3.05) is 0 Å². The highest BCUT2D eigenvalue weighted by Crippen LogP contribution is 2.18. The van der Waals surface area contributed by atoms with Crippen LogP contribution >= 0.6 is 0 Å². The largest absolute Gasteiger partial charge is 0.478 e. The summed E-state index contributed by atoms with van der Waals surface area (Å²) in [6.07, 6.45) is 2.79. The van der Waals surface area contributed by atoms with Crippen LogP contribution in [0.15, 0.2) is 65.3 Å². The van der Waals surface area contributed by atoms with Crippen molar-refractivity contribution in [2.24, 2.45) is 0 Å². The smallest absolute Gasteiger partial charge is 0.340 e. The summed E-state index contributed by atoms with van der Waals surface area (Å²) >= 11 is 0. The van der Waals surface area contributed by atoms with Crippen LogP contribution in [0.3, 0.4) is 0 Å². The number of hydrogen-bond acceptors (Lipinski definition) is 2. The number of aliphatic carboxylic acids is 1. The van der Waals surface area contributed by atoms with Crippen molar-refractivity contribution in [1.82, 2.24) is 0 Å². The van der Waals surface area contributed by atoms with Gasteiger partial charge in [-0.25, -0.2) is 4.79 Å². The van der Waals surface area contributed by atoms with Gasteiger partial charge in [0.1, 0.15) is 11.3 Å². The van der Waals surface area contributed by atoms with E-state index in [2.05, 4.69) is 11.5 Å². The zero-order valence-electron chi connectivity index (χ0n) is 8.31. The summed E-state index contributed by atoms with van der Waals surface area (Å²) in [7, 11) is 0. The average molecular weight is 212 g/mol. The number of ether oxygens (including phenoxy) is 1. The van der Waals surface area contributed by atoms with E-state index >= 15 is 0 Å². The van der Waals surface area contributed by atoms with Gasteiger partial charge in [0.05, 0.1) is 0 Å². The maximum absolute atomic E-state index is 10.9. The lowest BCUT2D eigenvalue weighted by atomic mass is 10.2. The second-order valence-electron chi connectivity index (χ2n) is 3.08. The molecule has 0 aromatic heterocycles. The molecular formula is C13H8O3. The summed E-state index contributed by atoms with van der Waals surface area (Å²) in [6, 6.07) is 8.99. The lowest BCUT2D eigenvalue weighted by Crippen LogP contribution is -2.06. The molecule has 3 nitrogen and oxygen atoms in total. The van der Waals surface area contributed by atoms with Gasteiger partial charge in [0, 0.05) is 12.2 Å². The van der Waals surface area contributed by atoms with Crippen LogP contribution in [0.5, 0.6) is 5.75 Å². The summed E-state index contributed by atoms with van der Waals surface area (Å²) in [5.74, 6) is -0.196. The first-order valence-corrected chi connectivity index (χ1v) is 4.65. The molecule has 0 bridgehead atoms. The van der Waals surface area contributed by atoms with Crippen LogP contribution in [0.2, 0.25) is 0 Å². The van der Waals surface area contributed by atoms with E-state index in [-0.39, 0.29) is 11.3 Å². The minimum absolute atomic E-state index is 0.0719. The third-order valence-corrected chi connectivity index (χ3v) is 1.97. The van der Waals surface area contributed by atoms with Gasteiger partial charge < -0.3 is 9.84 Å². The van der Waals surface area contributed by atoms with Crippen LogP contribution in [-0.2, 0) is 4.79 Å². The molecule has 0 saturated carbocycles. The van der Waals surface area contributed by atoms with Gasteiger partial charge >= 0.3 is 5.97 Å². The number of hydrogen-bond donors (Lipinski definition) is 1. The molecule has 3 heteroatoms. The van der Waals surface area contributed by atoms with E-state index in [0.717, 1.165) is 0 Å². The molecule has 0 heterocycles. The second-order valence-corrected chi connectivity index (χ2v) is 3.08. The predicted molar refractivity (Wildman–Crippen MR) is 57.9 cm³/mol. The first-order valence-electron chi connectivity index (χ1n) is 4.65. The Balaban J connectivity index is 2.31. The molecule has 1 aliphatic rings. The predicted octanol–water partition coefficient (Wildman–Crippen LogP) is 2.28. The van der Waals surface area contributed by atoms with Gasteiger partial charge in [0.2, 0.25) is 0 Å². The summed E-state index contributed by atoms with van der Waals surface area (Å²) in [5.41, 5.74) is 5.32. The second kappa shape index (κ2) is 4.37. The third-order valence-electron chi connectivity index (χ3n) is 1.97. The monoisotopic (exact) mass is 212 g/mol. The molecule has 1 aliphatic carbocycles. The minimum atomic E-state index is -1.05. The van der Waals surface area contributed by atoms with E-state index in [4.69, 9.17) is 9.84 Å². The summed E-state index contributed by atoms with van der Waals surface area (Å²) in [5, 5.41) is 8.93. The van der Waals surface area contributed by atoms with Gasteiger partial charge in [-0.15, -0.1) is 0 Å². The Bertz CT molecular complexity index is 540. The minimum Gasteiger partial charge on any atom is -0.478 e. The number of benzene rings is 1. The molecule has 1 aromatic carbocycles. The van der Waals surface area contributed by atoms with E-state index in [1.54, 1.807) is 12.1 Å². The summed E-state index contributed by atoms with van der Waals surface area (Å²) in [4.78, 5) is 10.9. The molecule has 78 valence electrons. The highest BCUT2D eigenvalue weighted by Gasteiger charge is 2.13. The fourth-order valence-electron chi connectivity index (χ4n) is 1.24. The fraction of sp³-hybridized carbons (Fsp3) is 0. The first kappa shape index (κ1) is 10.1. The Kier molecular flexibility index (Phi) is 2.75. The maximum Gasteiger partial charge on any atom is 0.340 e. The van der Waals surface area contributed by atoms with Crippen molar-refractivity contribution in [1.29, 1.82) is 0 Å². The van der Waals surface area contributed by atoms with Crippen molar-refractivity contribution < 1.29 is 14.6 Å². The van der Waals surface area contributed by atoms with Crippen molar-refractivity contribution in [3.63, 3.8) is 0 Å². The zero-order valence-corrected chi connectivity index (χ0v) is 8.31. The SMILES string of the molecule is O=C(O)C1=C(Oc2ccccc2)C=C=C=C1. The molecule has 0 fully saturated rings. The van der Waals surface area contributed by atoms with Crippen LogP contribution < -0.4 is 4.74 Å². The molecule has 0 spiro atoms. The van der Waals surface area contributed by atoms with Gasteiger partial charge in [0.25, 0.3) is 0 Å². The van der Waals surface area contributed by atoms with Gasteiger partial charge in [-0.3, -0.25) is 0 Å². The molecule has 2 rings (SSSR count). The molecule has 1 N–H and O–H groups in total. The standard InChI is InChI=1S/C13H8O3/c14-13(15)11-8-4-5-9-12(11)16-10-6-2-1-3-7-10/h1-3,6-9H,(H,14,15). The molecule has 16 heavy (non-hydrogen) atoms. The maximum atomic E-state index is 10.9.